The highest BCUT2D eigenvalue weighted by Gasteiger charge is 2.21. The molecule has 0 amide bonds. The van der Waals surface area contributed by atoms with Crippen molar-refractivity contribution in [1.29, 1.82) is 0 Å². The van der Waals surface area contributed by atoms with E-state index in [1.165, 1.54) is 19.3 Å². The van der Waals surface area contributed by atoms with Crippen molar-refractivity contribution in [2.24, 2.45) is 16.8 Å². The fourth-order valence-electron chi connectivity index (χ4n) is 2.30. The molecule has 1 saturated carbocycles. The van der Waals surface area contributed by atoms with E-state index in [9.17, 15) is 0 Å². The third-order valence-corrected chi connectivity index (χ3v) is 3.30. The second kappa shape index (κ2) is 7.50. The van der Waals surface area contributed by atoms with Gasteiger partial charge in [-0.1, -0.05) is 19.8 Å². The summed E-state index contributed by atoms with van der Waals surface area (Å²) >= 11 is 0. The van der Waals surface area contributed by atoms with Gasteiger partial charge in [-0.05, 0) is 25.7 Å². The molecule has 0 saturated heterocycles. The Kier molecular flexibility index (Phi) is 6.29. The zero-order valence-electron chi connectivity index (χ0n) is 11.2. The van der Waals surface area contributed by atoms with Crippen LogP contribution in [0.5, 0.6) is 0 Å². The van der Waals surface area contributed by atoms with Crippen molar-refractivity contribution < 1.29 is 4.74 Å². The number of hydrazine groups is 1. The first kappa shape index (κ1) is 14.3. The van der Waals surface area contributed by atoms with Gasteiger partial charge < -0.3 is 10.1 Å². The number of nitrogens with zero attached hydrogens (tertiary/aromatic N) is 1. The number of aliphatic imine (C=N–C) groups is 1. The number of nitrogens with two attached hydrogens (primary N) is 1. The summed E-state index contributed by atoms with van der Waals surface area (Å²) in [5, 5.41) is 3.22. The molecule has 0 aromatic heterocycles. The van der Waals surface area contributed by atoms with Crippen LogP contribution in [0.25, 0.3) is 0 Å². The first-order valence-electron chi connectivity index (χ1n) is 6.47. The Balaban J connectivity index is 2.52. The van der Waals surface area contributed by atoms with Crippen molar-refractivity contribution >= 4 is 5.96 Å². The Morgan fingerprint density at radius 2 is 2.18 bits per heavy atom. The summed E-state index contributed by atoms with van der Waals surface area (Å²) in [5.74, 6) is 6.82. The molecule has 1 aliphatic carbocycles. The minimum absolute atomic E-state index is 0.202. The maximum absolute atomic E-state index is 5.50. The number of hydrogen-bond acceptors (Lipinski definition) is 3. The number of ether oxygens (including phenoxy) is 1. The monoisotopic (exact) mass is 242 g/mol. The van der Waals surface area contributed by atoms with E-state index >= 15 is 0 Å². The van der Waals surface area contributed by atoms with Gasteiger partial charge in [0.15, 0.2) is 0 Å². The van der Waals surface area contributed by atoms with Crippen LogP contribution >= 0.6 is 0 Å². The van der Waals surface area contributed by atoms with Gasteiger partial charge in [0.05, 0.1) is 12.6 Å². The number of rotatable bonds is 4. The summed E-state index contributed by atoms with van der Waals surface area (Å²) < 4.78 is 5.07. The van der Waals surface area contributed by atoms with Gasteiger partial charge in [0.2, 0.25) is 5.96 Å². The van der Waals surface area contributed by atoms with Crippen LogP contribution in [0.3, 0.4) is 0 Å². The van der Waals surface area contributed by atoms with Crippen molar-refractivity contribution in [2.45, 2.75) is 51.6 Å². The second-order valence-electron chi connectivity index (χ2n) is 4.95. The van der Waals surface area contributed by atoms with E-state index in [0.29, 0.717) is 24.5 Å². The number of methoxy groups -OCH3 is 1. The third-order valence-electron chi connectivity index (χ3n) is 3.30. The average Bonchev–Trinajstić information content (AvgIpc) is 2.31. The summed E-state index contributed by atoms with van der Waals surface area (Å²) in [6.45, 7) is 4.95. The van der Waals surface area contributed by atoms with Crippen LogP contribution in [0.2, 0.25) is 0 Å². The molecule has 0 aliphatic heterocycles. The number of hydrogen-bond donors (Lipinski definition) is 3. The van der Waals surface area contributed by atoms with Gasteiger partial charge in [0.25, 0.3) is 0 Å². The molecule has 100 valence electrons. The minimum Gasteiger partial charge on any atom is -0.383 e. The van der Waals surface area contributed by atoms with Crippen molar-refractivity contribution in [2.75, 3.05) is 13.7 Å². The van der Waals surface area contributed by atoms with Gasteiger partial charge in [-0.3, -0.25) is 5.43 Å². The molecule has 17 heavy (non-hydrogen) atoms. The fourth-order valence-corrected chi connectivity index (χ4v) is 2.30. The zero-order valence-corrected chi connectivity index (χ0v) is 11.2. The lowest BCUT2D eigenvalue weighted by molar-refractivity contribution is 0.178. The van der Waals surface area contributed by atoms with Crippen molar-refractivity contribution in [1.82, 2.24) is 10.7 Å². The van der Waals surface area contributed by atoms with E-state index in [1.807, 2.05) is 6.92 Å². The highest BCUT2D eigenvalue weighted by Crippen LogP contribution is 2.26. The molecule has 0 aromatic carbocycles. The Bertz CT molecular complexity index is 245. The van der Waals surface area contributed by atoms with Crippen LogP contribution < -0.4 is 16.6 Å². The standard InChI is InChI=1S/C12H26N4O/c1-9-6-4-5-7-11(9)15-12(16-13)14-10(2)8-17-3/h9-11H,4-8,13H2,1-3H3,(H2,14,15,16). The lowest BCUT2D eigenvalue weighted by atomic mass is 9.86. The van der Waals surface area contributed by atoms with E-state index < -0.39 is 0 Å². The molecule has 0 aromatic rings. The van der Waals surface area contributed by atoms with Crippen LogP contribution in [0.4, 0.5) is 0 Å². The van der Waals surface area contributed by atoms with Crippen LogP contribution in [0.1, 0.15) is 39.5 Å². The molecule has 1 aliphatic rings. The quantitative estimate of drug-likeness (QED) is 0.298. The topological polar surface area (TPSA) is 71.7 Å². The predicted molar refractivity (Wildman–Crippen MR) is 70.7 cm³/mol. The highest BCUT2D eigenvalue weighted by atomic mass is 16.5. The largest absolute Gasteiger partial charge is 0.383 e. The molecule has 5 heteroatoms. The van der Waals surface area contributed by atoms with Gasteiger partial charge in [0, 0.05) is 13.2 Å². The molecule has 0 radical (unpaired) electrons. The van der Waals surface area contributed by atoms with Crippen molar-refractivity contribution in [3.63, 3.8) is 0 Å². The minimum atomic E-state index is 0.202. The van der Waals surface area contributed by atoms with Crippen LogP contribution in [0.15, 0.2) is 4.99 Å². The van der Waals surface area contributed by atoms with E-state index in [1.54, 1.807) is 7.11 Å². The molecule has 3 atom stereocenters. The normalized spacial score (nSPS) is 27.6. The van der Waals surface area contributed by atoms with Crippen molar-refractivity contribution in [3.05, 3.63) is 0 Å². The average molecular weight is 242 g/mol. The molecule has 1 fully saturated rings. The van der Waals surface area contributed by atoms with E-state index in [-0.39, 0.29) is 6.04 Å². The van der Waals surface area contributed by atoms with Gasteiger partial charge in [-0.2, -0.15) is 0 Å². The van der Waals surface area contributed by atoms with E-state index in [2.05, 4.69) is 22.7 Å². The summed E-state index contributed by atoms with van der Waals surface area (Å²) in [6, 6.07) is 0.589. The Hall–Kier alpha value is -0.810. The lowest BCUT2D eigenvalue weighted by Crippen LogP contribution is -2.47. The summed E-state index contributed by atoms with van der Waals surface area (Å²) in [5.41, 5.74) is 2.64. The molecule has 0 spiro atoms. The molecule has 0 heterocycles. The van der Waals surface area contributed by atoms with E-state index in [0.717, 1.165) is 6.42 Å². The summed E-state index contributed by atoms with van der Waals surface area (Å²) in [7, 11) is 1.69. The maximum atomic E-state index is 5.50. The number of nitrogens with one attached hydrogen (secondary N) is 2. The zero-order chi connectivity index (χ0) is 12.7. The Labute approximate surface area is 104 Å². The molecular weight excluding hydrogens is 216 g/mol. The first-order chi connectivity index (χ1) is 8.17. The second-order valence-corrected chi connectivity index (χ2v) is 4.95. The lowest BCUT2D eigenvalue weighted by Gasteiger charge is -2.26. The Morgan fingerprint density at radius 3 is 2.76 bits per heavy atom. The van der Waals surface area contributed by atoms with Crippen LogP contribution in [-0.2, 0) is 4.74 Å². The molecule has 0 bridgehead atoms. The molecule has 5 nitrogen and oxygen atoms in total. The van der Waals surface area contributed by atoms with Crippen LogP contribution in [0, 0.1) is 5.92 Å². The van der Waals surface area contributed by atoms with Gasteiger partial charge >= 0.3 is 0 Å². The highest BCUT2D eigenvalue weighted by molar-refractivity contribution is 5.79. The van der Waals surface area contributed by atoms with Crippen molar-refractivity contribution in [3.8, 4) is 0 Å². The third kappa shape index (κ3) is 4.91. The van der Waals surface area contributed by atoms with Gasteiger partial charge in [-0.15, -0.1) is 0 Å². The number of guanidine groups is 1. The van der Waals surface area contributed by atoms with Gasteiger partial charge in [-0.25, -0.2) is 10.8 Å². The van der Waals surface area contributed by atoms with E-state index in [4.69, 9.17) is 10.6 Å². The molecule has 1 rings (SSSR count). The molecule has 4 N–H and O–H groups in total. The predicted octanol–water partition coefficient (Wildman–Crippen LogP) is 1.01. The van der Waals surface area contributed by atoms with Crippen LogP contribution in [-0.4, -0.2) is 31.8 Å². The SMILES string of the molecule is COCC(C)NC(=NC1CCCCC1C)NN. The fraction of sp³-hybridized carbons (Fsp3) is 0.917. The molecular formula is C12H26N4O. The smallest absolute Gasteiger partial charge is 0.206 e. The summed E-state index contributed by atoms with van der Waals surface area (Å²) in [4.78, 5) is 4.67. The van der Waals surface area contributed by atoms with Gasteiger partial charge in [0.1, 0.15) is 0 Å². The first-order valence-corrected chi connectivity index (χ1v) is 6.47. The maximum Gasteiger partial charge on any atom is 0.206 e. The Morgan fingerprint density at radius 1 is 1.47 bits per heavy atom. The summed E-state index contributed by atoms with van der Waals surface area (Å²) in [6.07, 6.45) is 5.02. The molecule has 3 unspecified atom stereocenters.